The Morgan fingerprint density at radius 3 is 2.06 bits per heavy atom. The topological polar surface area (TPSA) is 9.23 Å². The van der Waals surface area contributed by atoms with Crippen molar-refractivity contribution in [2.24, 2.45) is 0 Å². The summed E-state index contributed by atoms with van der Waals surface area (Å²) in [6.45, 7) is 0. The Kier molecular flexibility index (Phi) is 3.67. The van der Waals surface area contributed by atoms with Crippen LogP contribution in [0.3, 0.4) is 0 Å². The monoisotopic (exact) mass is 428 g/mol. The second-order valence-electron chi connectivity index (χ2n) is 8.28. The molecule has 150 valence electrons. The number of ether oxygens (including phenoxy) is 1. The molecule has 0 N–H and O–H groups in total. The first-order valence-electron chi connectivity index (χ1n) is 10.7. The van der Waals surface area contributed by atoms with Crippen LogP contribution in [-0.4, -0.2) is 0 Å². The van der Waals surface area contributed by atoms with E-state index in [1.54, 1.807) is 0 Å². The number of hydrogen-bond donors (Lipinski definition) is 0. The molecule has 0 amide bonds. The fraction of sp³-hybridized carbons (Fsp3) is 0. The van der Waals surface area contributed by atoms with Crippen molar-refractivity contribution in [2.45, 2.75) is 0 Å². The lowest BCUT2D eigenvalue weighted by molar-refractivity contribution is 0.487. The molecule has 0 atom stereocenters. The summed E-state index contributed by atoms with van der Waals surface area (Å²) in [6.07, 6.45) is 0. The Hall–Kier alpha value is -3.81. The molecule has 0 spiro atoms. The molecule has 6 aromatic carbocycles. The molecule has 0 aromatic heterocycles. The van der Waals surface area contributed by atoms with Crippen molar-refractivity contribution in [3.05, 3.63) is 108 Å². The van der Waals surface area contributed by atoms with Gasteiger partial charge in [0.15, 0.2) is 0 Å². The minimum absolute atomic E-state index is 0.679. The summed E-state index contributed by atoms with van der Waals surface area (Å²) in [5.74, 6) is 1.69. The van der Waals surface area contributed by atoms with Crippen molar-refractivity contribution in [1.82, 2.24) is 0 Å². The largest absolute Gasteiger partial charge is 0.456 e. The van der Waals surface area contributed by atoms with Crippen molar-refractivity contribution in [1.29, 1.82) is 0 Å². The SMILES string of the molecule is Clc1ccc2c(c1)Oc1cccc3c1c-2cc1c2ccccc2c(-c2ccccc2)cc31. The van der Waals surface area contributed by atoms with E-state index >= 15 is 0 Å². The van der Waals surface area contributed by atoms with E-state index in [2.05, 4.69) is 84.9 Å². The maximum atomic E-state index is 6.30. The van der Waals surface area contributed by atoms with Crippen molar-refractivity contribution in [3.63, 3.8) is 0 Å². The van der Waals surface area contributed by atoms with Gasteiger partial charge >= 0.3 is 0 Å². The van der Waals surface area contributed by atoms with Gasteiger partial charge in [0.05, 0.1) is 0 Å². The molecule has 0 saturated carbocycles. The maximum absolute atomic E-state index is 6.30. The van der Waals surface area contributed by atoms with Gasteiger partial charge in [-0.25, -0.2) is 0 Å². The van der Waals surface area contributed by atoms with E-state index < -0.39 is 0 Å². The van der Waals surface area contributed by atoms with Crippen molar-refractivity contribution < 1.29 is 4.74 Å². The maximum Gasteiger partial charge on any atom is 0.136 e. The summed E-state index contributed by atoms with van der Waals surface area (Å²) in [4.78, 5) is 0. The minimum atomic E-state index is 0.679. The second-order valence-corrected chi connectivity index (χ2v) is 8.71. The van der Waals surface area contributed by atoms with Crippen LogP contribution in [0, 0.1) is 0 Å². The molecule has 1 aliphatic heterocycles. The molecule has 1 aliphatic rings. The van der Waals surface area contributed by atoms with Gasteiger partial charge in [-0.15, -0.1) is 0 Å². The number of rotatable bonds is 1. The number of fused-ring (bicyclic) bond motifs is 6. The standard InChI is InChI=1S/C30H17ClO/c31-19-13-14-22-27-17-25-21-10-5-4-9-20(21)24(18-7-2-1-3-8-18)16-26(25)23-11-6-12-28(30(23)27)32-29(22)15-19/h1-17H. The molecule has 7 rings (SSSR count). The average Bonchev–Trinajstić information content (AvgIpc) is 2.84. The highest BCUT2D eigenvalue weighted by molar-refractivity contribution is 6.31. The molecule has 1 nitrogen and oxygen atoms in total. The molecule has 0 bridgehead atoms. The Morgan fingerprint density at radius 2 is 1.19 bits per heavy atom. The third kappa shape index (κ3) is 2.46. The Labute approximate surface area is 190 Å². The van der Waals surface area contributed by atoms with Crippen LogP contribution < -0.4 is 4.74 Å². The van der Waals surface area contributed by atoms with Gasteiger partial charge in [0.1, 0.15) is 11.5 Å². The molecule has 0 aliphatic carbocycles. The molecular weight excluding hydrogens is 412 g/mol. The van der Waals surface area contributed by atoms with Gasteiger partial charge in [-0.05, 0) is 74.0 Å². The summed E-state index contributed by atoms with van der Waals surface area (Å²) in [6, 6.07) is 36.2. The van der Waals surface area contributed by atoms with Crippen molar-refractivity contribution in [3.8, 4) is 33.8 Å². The van der Waals surface area contributed by atoms with Crippen LogP contribution in [0.25, 0.3) is 54.6 Å². The molecule has 0 radical (unpaired) electrons. The summed E-state index contributed by atoms with van der Waals surface area (Å²) in [5, 5.41) is 8.05. The van der Waals surface area contributed by atoms with Crippen LogP contribution in [0.2, 0.25) is 5.02 Å². The Morgan fingerprint density at radius 1 is 0.469 bits per heavy atom. The Balaban J connectivity index is 1.69. The van der Waals surface area contributed by atoms with Crippen LogP contribution in [0.1, 0.15) is 0 Å². The molecule has 32 heavy (non-hydrogen) atoms. The highest BCUT2D eigenvalue weighted by Gasteiger charge is 2.23. The number of hydrogen-bond acceptors (Lipinski definition) is 1. The molecule has 0 fully saturated rings. The van der Waals surface area contributed by atoms with E-state index in [9.17, 15) is 0 Å². The molecule has 0 unspecified atom stereocenters. The highest BCUT2D eigenvalue weighted by Crippen LogP contribution is 2.50. The van der Waals surface area contributed by atoms with E-state index in [1.807, 2.05) is 18.2 Å². The third-order valence-corrected chi connectivity index (χ3v) is 6.73. The van der Waals surface area contributed by atoms with Crippen LogP contribution in [-0.2, 0) is 0 Å². The van der Waals surface area contributed by atoms with Gasteiger partial charge in [0, 0.05) is 22.0 Å². The van der Waals surface area contributed by atoms with Crippen LogP contribution in [0.15, 0.2) is 103 Å². The zero-order chi connectivity index (χ0) is 21.2. The summed E-state index contributed by atoms with van der Waals surface area (Å²) in [5.41, 5.74) is 4.75. The van der Waals surface area contributed by atoms with Crippen LogP contribution >= 0.6 is 11.6 Å². The minimum Gasteiger partial charge on any atom is -0.456 e. The molecule has 6 aromatic rings. The van der Waals surface area contributed by atoms with E-state index in [0.29, 0.717) is 5.02 Å². The van der Waals surface area contributed by atoms with Gasteiger partial charge in [-0.1, -0.05) is 78.3 Å². The Bertz CT molecular complexity index is 1700. The van der Waals surface area contributed by atoms with Gasteiger partial charge in [0.2, 0.25) is 0 Å². The van der Waals surface area contributed by atoms with Crippen LogP contribution in [0.4, 0.5) is 0 Å². The van der Waals surface area contributed by atoms with Crippen LogP contribution in [0.5, 0.6) is 11.5 Å². The van der Waals surface area contributed by atoms with E-state index in [-0.39, 0.29) is 0 Å². The normalized spacial score (nSPS) is 12.2. The molecular formula is C30H17ClO. The first-order valence-corrected chi connectivity index (χ1v) is 11.1. The quantitative estimate of drug-likeness (QED) is 0.237. The molecule has 1 heterocycles. The number of halogens is 1. The average molecular weight is 429 g/mol. The van der Waals surface area contributed by atoms with E-state index in [0.717, 1.165) is 22.4 Å². The fourth-order valence-corrected chi connectivity index (χ4v) is 5.26. The first kappa shape index (κ1) is 17.8. The van der Waals surface area contributed by atoms with Gasteiger partial charge < -0.3 is 4.74 Å². The fourth-order valence-electron chi connectivity index (χ4n) is 5.10. The van der Waals surface area contributed by atoms with Crippen molar-refractivity contribution in [2.75, 3.05) is 0 Å². The highest BCUT2D eigenvalue weighted by atomic mass is 35.5. The zero-order valence-electron chi connectivity index (χ0n) is 17.1. The smallest absolute Gasteiger partial charge is 0.136 e. The third-order valence-electron chi connectivity index (χ3n) is 6.50. The lowest BCUT2D eigenvalue weighted by atomic mass is 9.86. The lowest BCUT2D eigenvalue weighted by Gasteiger charge is -2.23. The van der Waals surface area contributed by atoms with Crippen molar-refractivity contribution >= 4 is 43.9 Å². The van der Waals surface area contributed by atoms with Gasteiger partial charge in [0.25, 0.3) is 0 Å². The second kappa shape index (κ2) is 6.59. The van der Waals surface area contributed by atoms with Gasteiger partial charge in [-0.3, -0.25) is 0 Å². The van der Waals surface area contributed by atoms with E-state index in [1.165, 1.54) is 43.6 Å². The number of benzene rings is 6. The predicted octanol–water partition coefficient (Wildman–Crippen LogP) is 9.24. The predicted molar refractivity (Wildman–Crippen MR) is 135 cm³/mol. The molecule has 2 heteroatoms. The first-order chi connectivity index (χ1) is 15.8. The zero-order valence-corrected chi connectivity index (χ0v) is 17.9. The summed E-state index contributed by atoms with van der Waals surface area (Å²) < 4.78 is 6.30. The lowest BCUT2D eigenvalue weighted by Crippen LogP contribution is -1.98. The molecule has 0 saturated heterocycles. The summed E-state index contributed by atoms with van der Waals surface area (Å²) >= 11 is 6.28. The summed E-state index contributed by atoms with van der Waals surface area (Å²) in [7, 11) is 0. The van der Waals surface area contributed by atoms with E-state index in [4.69, 9.17) is 16.3 Å². The van der Waals surface area contributed by atoms with Gasteiger partial charge in [-0.2, -0.15) is 0 Å².